The Morgan fingerprint density at radius 2 is 2.08 bits per heavy atom. The number of anilines is 1. The van der Waals surface area contributed by atoms with E-state index >= 15 is 0 Å². The summed E-state index contributed by atoms with van der Waals surface area (Å²) in [5.41, 5.74) is 4.29. The molecule has 0 fully saturated rings. The molecule has 124 valence electrons. The van der Waals surface area contributed by atoms with E-state index in [2.05, 4.69) is 20.4 Å². The third-order valence-electron chi connectivity index (χ3n) is 3.90. The Kier molecular flexibility index (Phi) is 3.74. The number of hydrogen-bond donors (Lipinski definition) is 2. The molecule has 0 aliphatic heterocycles. The van der Waals surface area contributed by atoms with E-state index in [1.807, 2.05) is 31.2 Å². The highest BCUT2D eigenvalue weighted by Gasteiger charge is 2.15. The van der Waals surface area contributed by atoms with Crippen molar-refractivity contribution in [1.29, 1.82) is 0 Å². The Morgan fingerprint density at radius 3 is 2.96 bits per heavy atom. The second kappa shape index (κ2) is 6.07. The number of H-pyrrole nitrogens is 1. The number of benzene rings is 2. The fourth-order valence-electron chi connectivity index (χ4n) is 2.52. The molecule has 7 heteroatoms. The first-order chi connectivity index (χ1) is 12.1. The van der Waals surface area contributed by atoms with Gasteiger partial charge in [-0.2, -0.15) is 0 Å². The molecule has 2 heterocycles. The molecule has 0 radical (unpaired) electrons. The topological polar surface area (TPSA) is 83.8 Å². The van der Waals surface area contributed by atoms with Crippen LogP contribution in [-0.2, 0) is 0 Å². The van der Waals surface area contributed by atoms with Crippen molar-refractivity contribution < 1.29 is 9.32 Å². The highest BCUT2D eigenvalue weighted by Crippen LogP contribution is 2.25. The quantitative estimate of drug-likeness (QED) is 0.571. The van der Waals surface area contributed by atoms with E-state index in [0.29, 0.717) is 16.5 Å². The van der Waals surface area contributed by atoms with Gasteiger partial charge in [0.1, 0.15) is 0 Å². The van der Waals surface area contributed by atoms with Crippen LogP contribution in [-0.4, -0.2) is 21.0 Å². The van der Waals surface area contributed by atoms with Crippen LogP contribution in [0.2, 0.25) is 5.02 Å². The zero-order chi connectivity index (χ0) is 17.4. The van der Waals surface area contributed by atoms with Crippen LogP contribution in [0.5, 0.6) is 0 Å². The Hall–Kier alpha value is -3.12. The minimum absolute atomic E-state index is 0.194. The lowest BCUT2D eigenvalue weighted by atomic mass is 10.1. The Bertz CT molecular complexity index is 1080. The van der Waals surface area contributed by atoms with Gasteiger partial charge in [0.05, 0.1) is 17.4 Å². The second-order valence-corrected chi connectivity index (χ2v) is 6.06. The number of nitrogens with zero attached hydrogens (tertiary/aromatic N) is 2. The number of carbonyl (C=O) groups is 1. The van der Waals surface area contributed by atoms with Crippen LogP contribution in [0.1, 0.15) is 16.1 Å². The largest absolute Gasteiger partial charge is 0.355 e. The Labute approximate surface area is 147 Å². The highest BCUT2D eigenvalue weighted by molar-refractivity contribution is 6.31. The molecule has 0 unspecified atom stereocenters. The van der Waals surface area contributed by atoms with Crippen LogP contribution >= 0.6 is 11.6 Å². The summed E-state index contributed by atoms with van der Waals surface area (Å²) in [5.74, 6) is 0.146. The fourth-order valence-corrected chi connectivity index (χ4v) is 2.69. The van der Waals surface area contributed by atoms with Gasteiger partial charge in [-0.1, -0.05) is 22.8 Å². The van der Waals surface area contributed by atoms with E-state index in [-0.39, 0.29) is 11.6 Å². The molecule has 2 aromatic carbocycles. The third-order valence-corrected chi connectivity index (χ3v) is 4.13. The summed E-state index contributed by atoms with van der Waals surface area (Å²) in [4.78, 5) is 19.6. The first-order valence-electron chi connectivity index (χ1n) is 7.58. The van der Waals surface area contributed by atoms with E-state index in [1.54, 1.807) is 24.5 Å². The van der Waals surface area contributed by atoms with Gasteiger partial charge in [0.25, 0.3) is 5.91 Å². The van der Waals surface area contributed by atoms with Crippen LogP contribution in [0, 0.1) is 6.92 Å². The molecule has 0 atom stereocenters. The molecule has 0 spiro atoms. The number of fused-ring (bicyclic) bond motifs is 1. The van der Waals surface area contributed by atoms with Gasteiger partial charge in [-0.3, -0.25) is 4.79 Å². The van der Waals surface area contributed by atoms with Gasteiger partial charge < -0.3 is 14.8 Å². The van der Waals surface area contributed by atoms with Crippen LogP contribution in [0.3, 0.4) is 0 Å². The van der Waals surface area contributed by atoms with Crippen molar-refractivity contribution in [2.75, 3.05) is 5.32 Å². The van der Waals surface area contributed by atoms with Crippen LogP contribution in [0.4, 0.5) is 5.69 Å². The van der Waals surface area contributed by atoms with Gasteiger partial charge in [0.2, 0.25) is 0 Å². The molecule has 1 amide bonds. The van der Waals surface area contributed by atoms with Gasteiger partial charge in [0, 0.05) is 22.3 Å². The van der Waals surface area contributed by atoms with Crippen LogP contribution < -0.4 is 5.32 Å². The normalized spacial score (nSPS) is 11.0. The molecule has 0 bridgehead atoms. The summed E-state index contributed by atoms with van der Waals surface area (Å²) in [6.45, 7) is 1.89. The smallest absolute Gasteiger partial charge is 0.277 e. The zero-order valence-electron chi connectivity index (χ0n) is 13.2. The molecule has 2 aromatic heterocycles. The summed E-state index contributed by atoms with van der Waals surface area (Å²) in [6, 6.07) is 12.5. The van der Waals surface area contributed by atoms with Gasteiger partial charge in [-0.15, -0.1) is 0 Å². The van der Waals surface area contributed by atoms with Crippen molar-refractivity contribution >= 4 is 34.2 Å². The molecular weight excluding hydrogens is 340 g/mol. The monoisotopic (exact) mass is 352 g/mol. The number of imidazole rings is 1. The molecule has 2 N–H and O–H groups in total. The molecule has 25 heavy (non-hydrogen) atoms. The number of aromatic amines is 1. The molecule has 0 aliphatic rings. The summed E-state index contributed by atoms with van der Waals surface area (Å²) in [7, 11) is 0. The number of aryl methyl sites for hydroxylation is 1. The summed E-state index contributed by atoms with van der Waals surface area (Å²) in [5, 5.41) is 7.21. The number of aromatic nitrogens is 3. The molecule has 4 aromatic rings. The number of rotatable bonds is 3. The van der Waals surface area contributed by atoms with Crippen molar-refractivity contribution in [2.45, 2.75) is 6.92 Å². The minimum atomic E-state index is -0.358. The first kappa shape index (κ1) is 15.4. The molecule has 0 saturated carbocycles. The molecule has 0 saturated heterocycles. The number of carbonyl (C=O) groups excluding carboxylic acids is 1. The van der Waals surface area contributed by atoms with E-state index in [1.165, 1.54) is 0 Å². The molecular formula is C18H13ClN4O2. The summed E-state index contributed by atoms with van der Waals surface area (Å²) < 4.78 is 5.32. The number of halogens is 1. The lowest BCUT2D eigenvalue weighted by Crippen LogP contribution is -2.13. The third kappa shape index (κ3) is 2.99. The number of nitrogens with one attached hydrogen (secondary N) is 2. The predicted molar refractivity (Wildman–Crippen MR) is 95.7 cm³/mol. The van der Waals surface area contributed by atoms with Crippen molar-refractivity contribution in [3.63, 3.8) is 0 Å². The zero-order valence-corrected chi connectivity index (χ0v) is 14.0. The van der Waals surface area contributed by atoms with E-state index in [0.717, 1.165) is 22.2 Å². The molecule has 6 nitrogen and oxygen atoms in total. The standard InChI is InChI=1S/C18H13ClN4O2/c1-10-2-4-12(19)7-14(10)22-18(24)16-8-17(25-23-16)11-3-5-13-15(6-11)21-9-20-13/h2-9H,1H3,(H,20,21)(H,22,24). The number of hydrogen-bond acceptors (Lipinski definition) is 4. The SMILES string of the molecule is Cc1ccc(Cl)cc1NC(=O)c1cc(-c2ccc3nc[nH]c3c2)on1. The van der Waals surface area contributed by atoms with Crippen molar-refractivity contribution in [3.05, 3.63) is 65.1 Å². The second-order valence-electron chi connectivity index (χ2n) is 5.62. The van der Waals surface area contributed by atoms with Crippen molar-refractivity contribution in [3.8, 4) is 11.3 Å². The van der Waals surface area contributed by atoms with Crippen molar-refractivity contribution in [2.24, 2.45) is 0 Å². The van der Waals surface area contributed by atoms with Gasteiger partial charge in [0.15, 0.2) is 11.5 Å². The van der Waals surface area contributed by atoms with Crippen LogP contribution in [0.15, 0.2) is 53.3 Å². The maximum atomic E-state index is 12.4. The first-order valence-corrected chi connectivity index (χ1v) is 7.96. The predicted octanol–water partition coefficient (Wildman–Crippen LogP) is 4.43. The van der Waals surface area contributed by atoms with Crippen LogP contribution in [0.25, 0.3) is 22.4 Å². The Morgan fingerprint density at radius 1 is 1.20 bits per heavy atom. The van der Waals surface area contributed by atoms with E-state index < -0.39 is 0 Å². The van der Waals surface area contributed by atoms with E-state index in [9.17, 15) is 4.79 Å². The van der Waals surface area contributed by atoms with Crippen molar-refractivity contribution in [1.82, 2.24) is 15.1 Å². The molecule has 0 aliphatic carbocycles. The van der Waals surface area contributed by atoms with Gasteiger partial charge in [-0.05, 0) is 42.8 Å². The maximum Gasteiger partial charge on any atom is 0.277 e. The maximum absolute atomic E-state index is 12.4. The lowest BCUT2D eigenvalue weighted by molar-refractivity contribution is 0.101. The van der Waals surface area contributed by atoms with E-state index in [4.69, 9.17) is 16.1 Å². The highest BCUT2D eigenvalue weighted by atomic mass is 35.5. The average molecular weight is 353 g/mol. The van der Waals surface area contributed by atoms with Gasteiger partial charge in [-0.25, -0.2) is 4.98 Å². The molecule has 4 rings (SSSR count). The van der Waals surface area contributed by atoms with Gasteiger partial charge >= 0.3 is 0 Å². The fraction of sp³-hybridized carbons (Fsp3) is 0.0556. The average Bonchev–Trinajstić information content (AvgIpc) is 3.26. The number of amides is 1. The Balaban J connectivity index is 1.59. The summed E-state index contributed by atoms with van der Waals surface area (Å²) in [6.07, 6.45) is 1.63. The lowest BCUT2D eigenvalue weighted by Gasteiger charge is -2.06. The minimum Gasteiger partial charge on any atom is -0.355 e. The summed E-state index contributed by atoms with van der Waals surface area (Å²) >= 11 is 5.98.